The molecule has 1 aliphatic rings. The van der Waals surface area contributed by atoms with Gasteiger partial charge in [-0.15, -0.1) is 0 Å². The average Bonchev–Trinajstić information content (AvgIpc) is 3.48. The van der Waals surface area contributed by atoms with Crippen LogP contribution in [0.1, 0.15) is 30.0 Å². The number of halogens is 1. The Kier molecular flexibility index (Phi) is 6.12. The Labute approximate surface area is 210 Å². The molecule has 1 fully saturated rings. The predicted molar refractivity (Wildman–Crippen MR) is 140 cm³/mol. The Morgan fingerprint density at radius 2 is 1.97 bits per heavy atom. The third-order valence-corrected chi connectivity index (χ3v) is 7.63. The number of aromatic nitrogens is 4. The second-order valence-electron chi connectivity index (χ2n) is 9.39. The summed E-state index contributed by atoms with van der Waals surface area (Å²) in [5.74, 6) is 0.334. The van der Waals surface area contributed by atoms with Crippen molar-refractivity contribution in [1.29, 1.82) is 0 Å². The topological polar surface area (TPSA) is 87.0 Å². The maximum absolute atomic E-state index is 13.7. The highest BCUT2D eigenvalue weighted by Crippen LogP contribution is 2.34. The summed E-state index contributed by atoms with van der Waals surface area (Å²) in [6.07, 6.45) is 7.56. The molecule has 1 atom stereocenters. The number of H-pyrrole nitrogens is 1. The van der Waals surface area contributed by atoms with Crippen LogP contribution in [0.3, 0.4) is 0 Å². The van der Waals surface area contributed by atoms with E-state index < -0.39 is 11.1 Å². The van der Waals surface area contributed by atoms with E-state index in [0.717, 1.165) is 70.4 Å². The summed E-state index contributed by atoms with van der Waals surface area (Å²) >= 11 is -1.79. The highest BCUT2D eigenvalue weighted by Gasteiger charge is 2.23. The third-order valence-electron chi connectivity index (χ3n) is 7.05. The molecule has 5 heterocycles. The SMILES string of the molecule is O=S(O)CN1CCC(c2cc3c(-c4cnc5ccn(Cc6cccc(F)c6)c5c4)ccnc3[nH]2)CC1. The van der Waals surface area contributed by atoms with Crippen LogP contribution in [0, 0.1) is 5.82 Å². The number of rotatable bonds is 6. The number of aromatic amines is 1. The molecule has 6 rings (SSSR count). The summed E-state index contributed by atoms with van der Waals surface area (Å²) in [6.45, 7) is 2.17. The zero-order valence-electron chi connectivity index (χ0n) is 19.6. The smallest absolute Gasteiger partial charge is 0.167 e. The number of piperidine rings is 1. The molecule has 0 saturated carbocycles. The van der Waals surface area contributed by atoms with Crippen LogP contribution in [-0.2, 0) is 17.6 Å². The summed E-state index contributed by atoms with van der Waals surface area (Å²) in [4.78, 5) is 14.8. The number of nitrogens with one attached hydrogen (secondary N) is 1. The van der Waals surface area contributed by atoms with Crippen LogP contribution in [0.25, 0.3) is 33.2 Å². The summed E-state index contributed by atoms with van der Waals surface area (Å²) in [6, 6.07) is 15.0. The van der Waals surface area contributed by atoms with Crippen LogP contribution in [0.4, 0.5) is 4.39 Å². The fourth-order valence-corrected chi connectivity index (χ4v) is 5.80. The first-order valence-electron chi connectivity index (χ1n) is 12.0. The van der Waals surface area contributed by atoms with Gasteiger partial charge in [0.2, 0.25) is 0 Å². The first kappa shape index (κ1) is 23.0. The van der Waals surface area contributed by atoms with E-state index in [-0.39, 0.29) is 11.7 Å². The minimum Gasteiger partial charge on any atom is -0.343 e. The van der Waals surface area contributed by atoms with Crippen molar-refractivity contribution in [3.05, 3.63) is 84.2 Å². The van der Waals surface area contributed by atoms with Crippen LogP contribution in [0.2, 0.25) is 0 Å². The monoisotopic (exact) mass is 503 g/mol. The van der Waals surface area contributed by atoms with Crippen LogP contribution in [0.5, 0.6) is 0 Å². The van der Waals surface area contributed by atoms with Gasteiger partial charge in [-0.05, 0) is 73.5 Å². The molecule has 1 aromatic carbocycles. The lowest BCUT2D eigenvalue weighted by Gasteiger charge is -2.30. The minimum atomic E-state index is -1.79. The summed E-state index contributed by atoms with van der Waals surface area (Å²) in [5, 5.41) is 1.05. The molecule has 0 bridgehead atoms. The molecule has 4 aromatic heterocycles. The number of hydrogen-bond acceptors (Lipinski definition) is 4. The van der Waals surface area contributed by atoms with Gasteiger partial charge in [0.05, 0.1) is 11.0 Å². The molecule has 0 amide bonds. The van der Waals surface area contributed by atoms with Gasteiger partial charge >= 0.3 is 0 Å². The lowest BCUT2D eigenvalue weighted by molar-refractivity contribution is 0.239. The Bertz CT molecular complexity index is 1570. The van der Waals surface area contributed by atoms with Gasteiger partial charge in [0, 0.05) is 47.7 Å². The number of benzene rings is 1. The van der Waals surface area contributed by atoms with Crippen molar-refractivity contribution in [3.63, 3.8) is 0 Å². The van der Waals surface area contributed by atoms with Gasteiger partial charge < -0.3 is 14.1 Å². The second-order valence-corrected chi connectivity index (χ2v) is 10.3. The second kappa shape index (κ2) is 9.57. The molecule has 36 heavy (non-hydrogen) atoms. The molecule has 9 heteroatoms. The average molecular weight is 504 g/mol. The Hall–Kier alpha value is -3.40. The van der Waals surface area contributed by atoms with Crippen molar-refractivity contribution in [1.82, 2.24) is 24.4 Å². The summed E-state index contributed by atoms with van der Waals surface area (Å²) in [7, 11) is 0. The third kappa shape index (κ3) is 4.57. The van der Waals surface area contributed by atoms with E-state index in [1.54, 1.807) is 12.1 Å². The van der Waals surface area contributed by atoms with E-state index in [9.17, 15) is 13.2 Å². The lowest BCUT2D eigenvalue weighted by Crippen LogP contribution is -2.35. The van der Waals surface area contributed by atoms with Crippen LogP contribution in [0.15, 0.2) is 67.1 Å². The van der Waals surface area contributed by atoms with Crippen LogP contribution < -0.4 is 0 Å². The molecule has 0 spiro atoms. The number of hydrogen-bond donors (Lipinski definition) is 2. The van der Waals surface area contributed by atoms with Crippen molar-refractivity contribution in [2.24, 2.45) is 0 Å². The molecular weight excluding hydrogens is 477 g/mol. The van der Waals surface area contributed by atoms with Gasteiger partial charge in [0.15, 0.2) is 11.1 Å². The van der Waals surface area contributed by atoms with Crippen LogP contribution in [-0.4, -0.2) is 52.1 Å². The van der Waals surface area contributed by atoms with E-state index in [1.165, 1.54) is 6.07 Å². The molecule has 5 aromatic rings. The predicted octanol–water partition coefficient (Wildman–Crippen LogP) is 5.13. The van der Waals surface area contributed by atoms with Gasteiger partial charge in [0.25, 0.3) is 0 Å². The zero-order chi connectivity index (χ0) is 24.6. The molecule has 0 aliphatic carbocycles. The van der Waals surface area contributed by atoms with Crippen molar-refractivity contribution >= 4 is 33.1 Å². The molecule has 1 saturated heterocycles. The number of fused-ring (bicyclic) bond motifs is 2. The normalized spacial score (nSPS) is 16.2. The van der Waals surface area contributed by atoms with E-state index in [1.807, 2.05) is 41.7 Å². The van der Waals surface area contributed by atoms with Gasteiger partial charge in [-0.2, -0.15) is 0 Å². The number of pyridine rings is 2. The van der Waals surface area contributed by atoms with Crippen molar-refractivity contribution in [2.75, 3.05) is 19.0 Å². The quantitative estimate of drug-likeness (QED) is 0.314. The molecule has 0 radical (unpaired) electrons. The standard InChI is InChI=1S/C27H26FN5O2S/c28-21-3-1-2-18(12-21)16-33-11-7-24-26(33)13-20(15-30-24)22-4-8-29-27-23(22)14-25(31-27)19-5-9-32(10-6-19)17-36(34)35/h1-4,7-8,11-15,19H,5-6,9-10,16-17H2,(H,29,31)(H,34,35). The number of nitrogens with zero attached hydrogens (tertiary/aromatic N) is 4. The molecule has 2 N–H and O–H groups in total. The first-order chi connectivity index (χ1) is 17.5. The molecular formula is C27H26FN5O2S. The molecule has 184 valence electrons. The summed E-state index contributed by atoms with van der Waals surface area (Å²) < 4.78 is 36.1. The van der Waals surface area contributed by atoms with E-state index in [0.29, 0.717) is 12.5 Å². The first-order valence-corrected chi connectivity index (χ1v) is 13.3. The minimum absolute atomic E-state index is 0.210. The Balaban J connectivity index is 1.31. The van der Waals surface area contributed by atoms with Gasteiger partial charge in [-0.25, -0.2) is 13.6 Å². The molecule has 1 unspecified atom stereocenters. The highest BCUT2D eigenvalue weighted by molar-refractivity contribution is 7.79. The van der Waals surface area contributed by atoms with E-state index in [4.69, 9.17) is 4.98 Å². The fourth-order valence-electron chi connectivity index (χ4n) is 5.23. The Morgan fingerprint density at radius 3 is 2.78 bits per heavy atom. The van der Waals surface area contributed by atoms with E-state index >= 15 is 0 Å². The van der Waals surface area contributed by atoms with Crippen molar-refractivity contribution < 1.29 is 13.2 Å². The van der Waals surface area contributed by atoms with Gasteiger partial charge in [0.1, 0.15) is 17.3 Å². The summed E-state index contributed by atoms with van der Waals surface area (Å²) in [5.41, 5.74) is 6.84. The van der Waals surface area contributed by atoms with E-state index in [2.05, 4.69) is 26.7 Å². The van der Waals surface area contributed by atoms with Gasteiger partial charge in [-0.3, -0.25) is 9.88 Å². The molecule has 1 aliphatic heterocycles. The van der Waals surface area contributed by atoms with Gasteiger partial charge in [-0.1, -0.05) is 12.1 Å². The van der Waals surface area contributed by atoms with Crippen molar-refractivity contribution in [2.45, 2.75) is 25.3 Å². The maximum atomic E-state index is 13.7. The lowest BCUT2D eigenvalue weighted by atomic mass is 9.93. The zero-order valence-corrected chi connectivity index (χ0v) is 20.4. The number of likely N-dealkylation sites (tertiary alicyclic amines) is 1. The van der Waals surface area contributed by atoms with Crippen LogP contribution >= 0.6 is 0 Å². The van der Waals surface area contributed by atoms with Crippen molar-refractivity contribution in [3.8, 4) is 11.1 Å². The fraction of sp³-hybridized carbons (Fsp3) is 0.259. The largest absolute Gasteiger partial charge is 0.343 e. The maximum Gasteiger partial charge on any atom is 0.167 e. The molecule has 7 nitrogen and oxygen atoms in total. The Morgan fingerprint density at radius 1 is 1.11 bits per heavy atom. The highest BCUT2D eigenvalue weighted by atomic mass is 32.2.